The zero-order valence-corrected chi connectivity index (χ0v) is 10.2. The van der Waals surface area contributed by atoms with Crippen molar-refractivity contribution >= 4 is 5.78 Å². The van der Waals surface area contributed by atoms with Gasteiger partial charge in [-0.15, -0.1) is 0 Å². The number of ketones is 1. The maximum atomic E-state index is 12.5. The fourth-order valence-electron chi connectivity index (χ4n) is 5.60. The smallest absolute Gasteiger partial charge is 0.140 e. The second-order valence-electron chi connectivity index (χ2n) is 6.83. The Bertz CT molecular complexity index is 330. The molecule has 3 aliphatic carbocycles. The summed E-state index contributed by atoms with van der Waals surface area (Å²) in [7, 11) is 0. The van der Waals surface area contributed by atoms with Gasteiger partial charge in [-0.1, -0.05) is 27.2 Å². The van der Waals surface area contributed by atoms with Gasteiger partial charge >= 0.3 is 0 Å². The molecule has 3 rings (SSSR count). The zero-order chi connectivity index (χ0) is 10.9. The summed E-state index contributed by atoms with van der Waals surface area (Å²) in [5.41, 5.74) is 0.762. The van der Waals surface area contributed by atoms with Gasteiger partial charge in [0, 0.05) is 11.8 Å². The van der Waals surface area contributed by atoms with Gasteiger partial charge in [-0.3, -0.25) is 4.79 Å². The molecule has 0 aromatic carbocycles. The molecule has 3 aliphatic rings. The third-order valence-electron chi connectivity index (χ3n) is 6.27. The molecular formula is C14H22O. The van der Waals surface area contributed by atoms with E-state index in [0.29, 0.717) is 17.1 Å². The van der Waals surface area contributed by atoms with Crippen LogP contribution in [0.4, 0.5) is 0 Å². The van der Waals surface area contributed by atoms with E-state index in [2.05, 4.69) is 20.8 Å². The SMILES string of the molecule is CC1CCC23CCCC12C(=O)CC3(C)C. The van der Waals surface area contributed by atoms with Gasteiger partial charge < -0.3 is 0 Å². The minimum Gasteiger partial charge on any atom is -0.299 e. The third-order valence-corrected chi connectivity index (χ3v) is 6.27. The van der Waals surface area contributed by atoms with Crippen LogP contribution in [0.3, 0.4) is 0 Å². The molecule has 0 N–H and O–H groups in total. The largest absolute Gasteiger partial charge is 0.299 e. The number of carbonyl (C=O) groups excluding carboxylic acids is 1. The Morgan fingerprint density at radius 2 is 1.93 bits per heavy atom. The van der Waals surface area contributed by atoms with E-state index in [1.165, 1.54) is 32.1 Å². The van der Waals surface area contributed by atoms with E-state index >= 15 is 0 Å². The summed E-state index contributed by atoms with van der Waals surface area (Å²) in [6, 6.07) is 0. The molecule has 0 spiro atoms. The minimum absolute atomic E-state index is 0.108. The van der Waals surface area contributed by atoms with Crippen LogP contribution in [0.15, 0.2) is 0 Å². The van der Waals surface area contributed by atoms with Gasteiger partial charge in [0.25, 0.3) is 0 Å². The highest BCUT2D eigenvalue weighted by molar-refractivity contribution is 5.90. The Balaban J connectivity index is 2.21. The van der Waals surface area contributed by atoms with E-state index in [1.807, 2.05) is 0 Å². The van der Waals surface area contributed by atoms with Crippen molar-refractivity contribution < 1.29 is 4.79 Å². The van der Waals surface area contributed by atoms with Crippen LogP contribution < -0.4 is 0 Å². The van der Waals surface area contributed by atoms with Crippen molar-refractivity contribution in [3.05, 3.63) is 0 Å². The van der Waals surface area contributed by atoms with Crippen molar-refractivity contribution in [3.8, 4) is 0 Å². The standard InChI is InChI=1S/C14H22O/c1-10-5-8-13-6-4-7-14(10,13)11(15)9-12(13,2)3/h10H,4-9H2,1-3H3. The van der Waals surface area contributed by atoms with E-state index in [0.717, 1.165) is 6.42 Å². The fraction of sp³-hybridized carbons (Fsp3) is 0.929. The molecule has 3 atom stereocenters. The Labute approximate surface area is 92.6 Å². The van der Waals surface area contributed by atoms with Gasteiger partial charge in [0.2, 0.25) is 0 Å². The molecule has 1 heteroatoms. The van der Waals surface area contributed by atoms with Gasteiger partial charge in [-0.25, -0.2) is 0 Å². The molecule has 0 aromatic heterocycles. The third kappa shape index (κ3) is 0.786. The number of hydrogen-bond acceptors (Lipinski definition) is 1. The van der Waals surface area contributed by atoms with Crippen LogP contribution in [-0.4, -0.2) is 5.78 Å². The summed E-state index contributed by atoms with van der Waals surface area (Å²) >= 11 is 0. The van der Waals surface area contributed by atoms with Crippen LogP contribution in [0.25, 0.3) is 0 Å². The number of hydrogen-bond donors (Lipinski definition) is 0. The van der Waals surface area contributed by atoms with E-state index in [9.17, 15) is 4.79 Å². The lowest BCUT2D eigenvalue weighted by Gasteiger charge is -2.43. The van der Waals surface area contributed by atoms with Gasteiger partial charge in [0.1, 0.15) is 5.78 Å². The summed E-state index contributed by atoms with van der Waals surface area (Å²) in [5.74, 6) is 1.25. The van der Waals surface area contributed by atoms with E-state index in [-0.39, 0.29) is 10.8 Å². The second-order valence-corrected chi connectivity index (χ2v) is 6.83. The fourth-order valence-corrected chi connectivity index (χ4v) is 5.60. The van der Waals surface area contributed by atoms with Crippen molar-refractivity contribution in [2.24, 2.45) is 22.2 Å². The molecule has 1 nitrogen and oxygen atoms in total. The summed E-state index contributed by atoms with van der Waals surface area (Å²) in [4.78, 5) is 12.5. The molecule has 0 aromatic rings. The highest BCUT2D eigenvalue weighted by atomic mass is 16.1. The van der Waals surface area contributed by atoms with E-state index < -0.39 is 0 Å². The predicted octanol–water partition coefficient (Wildman–Crippen LogP) is 3.57. The molecule has 3 unspecified atom stereocenters. The predicted molar refractivity (Wildman–Crippen MR) is 60.5 cm³/mol. The minimum atomic E-state index is 0.108. The topological polar surface area (TPSA) is 17.1 Å². The molecule has 0 heterocycles. The molecule has 3 fully saturated rings. The first-order valence-corrected chi connectivity index (χ1v) is 6.50. The molecule has 15 heavy (non-hydrogen) atoms. The maximum absolute atomic E-state index is 12.5. The average molecular weight is 206 g/mol. The first kappa shape index (κ1) is 9.86. The van der Waals surface area contributed by atoms with Crippen LogP contribution in [-0.2, 0) is 4.79 Å². The number of rotatable bonds is 0. The molecule has 0 bridgehead atoms. The van der Waals surface area contributed by atoms with Crippen molar-refractivity contribution in [2.45, 2.75) is 59.3 Å². The summed E-state index contributed by atoms with van der Waals surface area (Å²) in [6.45, 7) is 7.01. The normalized spacial score (nSPS) is 51.9. The number of Topliss-reactive ketones (excluding diaryl/α,β-unsaturated/α-hetero) is 1. The highest BCUT2D eigenvalue weighted by Gasteiger charge is 2.73. The van der Waals surface area contributed by atoms with Crippen LogP contribution in [0.2, 0.25) is 0 Å². The molecule has 84 valence electrons. The monoisotopic (exact) mass is 206 g/mol. The van der Waals surface area contributed by atoms with Gasteiger partial charge in [-0.2, -0.15) is 0 Å². The molecule has 0 radical (unpaired) electrons. The van der Waals surface area contributed by atoms with Crippen molar-refractivity contribution in [1.29, 1.82) is 0 Å². The summed E-state index contributed by atoms with van der Waals surface area (Å²) < 4.78 is 0. The van der Waals surface area contributed by atoms with Gasteiger partial charge in [0.05, 0.1) is 0 Å². The van der Waals surface area contributed by atoms with Crippen molar-refractivity contribution in [1.82, 2.24) is 0 Å². The van der Waals surface area contributed by atoms with Gasteiger partial charge in [-0.05, 0) is 42.4 Å². The Kier molecular flexibility index (Phi) is 1.64. The maximum Gasteiger partial charge on any atom is 0.140 e. The molecule has 0 aliphatic heterocycles. The second kappa shape index (κ2) is 2.49. The van der Waals surface area contributed by atoms with Crippen LogP contribution in [0.5, 0.6) is 0 Å². The first-order valence-electron chi connectivity index (χ1n) is 6.50. The lowest BCUT2D eigenvalue weighted by Crippen LogP contribution is -2.41. The highest BCUT2D eigenvalue weighted by Crippen LogP contribution is 2.77. The Hall–Kier alpha value is -0.330. The first-order chi connectivity index (χ1) is 6.96. The zero-order valence-electron chi connectivity index (χ0n) is 10.2. The summed E-state index contributed by atoms with van der Waals surface area (Å²) in [5, 5.41) is 0. The summed E-state index contributed by atoms with van der Waals surface area (Å²) in [6.07, 6.45) is 7.24. The van der Waals surface area contributed by atoms with Crippen LogP contribution in [0, 0.1) is 22.2 Å². The molecular weight excluding hydrogens is 184 g/mol. The molecule has 3 saturated carbocycles. The average Bonchev–Trinajstić information content (AvgIpc) is 2.68. The lowest BCUT2D eigenvalue weighted by atomic mass is 9.59. The quantitative estimate of drug-likeness (QED) is 0.592. The number of carbonyl (C=O) groups is 1. The van der Waals surface area contributed by atoms with E-state index in [4.69, 9.17) is 0 Å². The van der Waals surface area contributed by atoms with Crippen LogP contribution in [0.1, 0.15) is 59.3 Å². The van der Waals surface area contributed by atoms with E-state index in [1.54, 1.807) is 0 Å². The van der Waals surface area contributed by atoms with Crippen molar-refractivity contribution in [3.63, 3.8) is 0 Å². The molecule has 0 amide bonds. The van der Waals surface area contributed by atoms with Crippen molar-refractivity contribution in [2.75, 3.05) is 0 Å². The Morgan fingerprint density at radius 1 is 1.20 bits per heavy atom. The molecule has 0 saturated heterocycles. The lowest BCUT2D eigenvalue weighted by molar-refractivity contribution is -0.129. The Morgan fingerprint density at radius 3 is 2.60 bits per heavy atom. The van der Waals surface area contributed by atoms with Crippen LogP contribution >= 0.6 is 0 Å². The van der Waals surface area contributed by atoms with Gasteiger partial charge in [0.15, 0.2) is 0 Å².